The quantitative estimate of drug-likeness (QED) is 0.473. The molecule has 1 aromatic heterocycles. The number of benzene rings is 2. The molecule has 5 heteroatoms. The second-order valence-electron chi connectivity index (χ2n) is 9.08. The van der Waals surface area contributed by atoms with Gasteiger partial charge in [0.05, 0.1) is 17.3 Å². The first kappa shape index (κ1) is 25.2. The van der Waals surface area contributed by atoms with Crippen LogP contribution in [0, 0.1) is 25.2 Å². The Morgan fingerprint density at radius 1 is 1.09 bits per heavy atom. The van der Waals surface area contributed by atoms with Crippen molar-refractivity contribution in [2.24, 2.45) is 0 Å². The zero-order valence-corrected chi connectivity index (χ0v) is 21.3. The molecule has 1 saturated heterocycles. The molecule has 0 saturated carbocycles. The molecule has 0 spiro atoms. The summed E-state index contributed by atoms with van der Waals surface area (Å²) in [7, 11) is 0. The number of nitrogens with one attached hydrogen (secondary N) is 1. The molecule has 4 rings (SSSR count). The molecule has 1 aliphatic rings. The molecule has 1 aliphatic heterocycles. The summed E-state index contributed by atoms with van der Waals surface area (Å²) in [5.41, 5.74) is 6.75. The molecule has 1 N–H and O–H groups in total. The monoisotopic (exact) mass is 456 g/mol. The lowest BCUT2D eigenvalue weighted by molar-refractivity contribution is 0.0713. The third-order valence-corrected chi connectivity index (χ3v) is 6.48. The molecular weight excluding hydrogens is 420 g/mol. The summed E-state index contributed by atoms with van der Waals surface area (Å²) in [6.07, 6.45) is 1.87. The van der Waals surface area contributed by atoms with Crippen LogP contribution in [0.15, 0.2) is 42.5 Å². The molecule has 34 heavy (non-hydrogen) atoms. The van der Waals surface area contributed by atoms with E-state index in [1.807, 2.05) is 68.1 Å². The Morgan fingerprint density at radius 2 is 1.74 bits per heavy atom. The first-order valence-electron chi connectivity index (χ1n) is 12.3. The Morgan fingerprint density at radius 3 is 2.29 bits per heavy atom. The van der Waals surface area contributed by atoms with E-state index in [1.54, 1.807) is 0 Å². The number of carbonyl (C=O) groups is 1. The van der Waals surface area contributed by atoms with Crippen LogP contribution >= 0.6 is 0 Å². The Balaban J connectivity index is 0.00000158. The van der Waals surface area contributed by atoms with Crippen LogP contribution in [-0.4, -0.2) is 33.9 Å². The molecular formula is C29H36N4O. The van der Waals surface area contributed by atoms with Gasteiger partial charge >= 0.3 is 0 Å². The lowest BCUT2D eigenvalue weighted by Gasteiger charge is -2.32. The molecule has 2 aromatic carbocycles. The number of hydrogen-bond acceptors (Lipinski definition) is 3. The van der Waals surface area contributed by atoms with Gasteiger partial charge in [-0.3, -0.25) is 4.79 Å². The Labute approximate surface area is 203 Å². The van der Waals surface area contributed by atoms with Gasteiger partial charge in [-0.2, -0.15) is 5.26 Å². The number of piperidine rings is 1. The van der Waals surface area contributed by atoms with E-state index >= 15 is 0 Å². The standard InChI is InChI=1S/C27H30N4O.C2H6/c1-17(2)26-29-19(4)25(30-26)24-15-23(8-5-18(24)3)27(32)31-13-11-22(12-14-31)21-9-6-20(16-28)7-10-21;1-2/h5-10,15,17,22H,11-14H2,1-4H3,(H,29,30);1-2H3. The summed E-state index contributed by atoms with van der Waals surface area (Å²) in [5.74, 6) is 1.81. The molecule has 0 unspecified atom stereocenters. The number of rotatable bonds is 4. The number of amides is 1. The topological polar surface area (TPSA) is 72.8 Å². The van der Waals surface area contributed by atoms with Crippen molar-refractivity contribution in [2.75, 3.05) is 13.1 Å². The molecule has 0 radical (unpaired) electrons. The maximum atomic E-state index is 13.3. The minimum Gasteiger partial charge on any atom is -0.345 e. The van der Waals surface area contributed by atoms with Crippen molar-refractivity contribution in [1.82, 2.24) is 14.9 Å². The van der Waals surface area contributed by atoms with Gasteiger partial charge in [0.1, 0.15) is 5.82 Å². The minimum absolute atomic E-state index is 0.0850. The van der Waals surface area contributed by atoms with Gasteiger partial charge in [0.2, 0.25) is 0 Å². The van der Waals surface area contributed by atoms with Crippen LogP contribution in [0.25, 0.3) is 11.3 Å². The van der Waals surface area contributed by atoms with Crippen LogP contribution in [0.4, 0.5) is 0 Å². The molecule has 178 valence electrons. The summed E-state index contributed by atoms with van der Waals surface area (Å²) in [6, 6.07) is 16.0. The van der Waals surface area contributed by atoms with Gasteiger partial charge in [0.25, 0.3) is 5.91 Å². The van der Waals surface area contributed by atoms with Crippen LogP contribution in [0.3, 0.4) is 0 Å². The van der Waals surface area contributed by atoms with Crippen molar-refractivity contribution in [3.05, 3.63) is 76.2 Å². The summed E-state index contributed by atoms with van der Waals surface area (Å²) >= 11 is 0. The zero-order valence-electron chi connectivity index (χ0n) is 21.3. The highest BCUT2D eigenvalue weighted by atomic mass is 16.2. The Bertz CT molecular complexity index is 1160. The van der Waals surface area contributed by atoms with Gasteiger partial charge in [-0.05, 0) is 68.0 Å². The van der Waals surface area contributed by atoms with Gasteiger partial charge < -0.3 is 9.88 Å². The fraction of sp³-hybridized carbons (Fsp3) is 0.414. The highest BCUT2D eigenvalue weighted by Gasteiger charge is 2.25. The van der Waals surface area contributed by atoms with Crippen molar-refractivity contribution in [1.29, 1.82) is 5.26 Å². The molecule has 1 amide bonds. The second-order valence-corrected chi connectivity index (χ2v) is 9.08. The van der Waals surface area contributed by atoms with E-state index in [2.05, 4.69) is 31.8 Å². The largest absolute Gasteiger partial charge is 0.345 e. The van der Waals surface area contributed by atoms with E-state index in [4.69, 9.17) is 10.2 Å². The first-order valence-corrected chi connectivity index (χ1v) is 12.3. The molecule has 3 aromatic rings. The predicted octanol–water partition coefficient (Wildman–Crippen LogP) is 6.73. The van der Waals surface area contributed by atoms with Gasteiger partial charge in [0.15, 0.2) is 0 Å². The smallest absolute Gasteiger partial charge is 0.253 e. The summed E-state index contributed by atoms with van der Waals surface area (Å²) in [6.45, 7) is 13.8. The summed E-state index contributed by atoms with van der Waals surface area (Å²) in [4.78, 5) is 23.4. The molecule has 0 aliphatic carbocycles. The van der Waals surface area contributed by atoms with Gasteiger partial charge in [-0.1, -0.05) is 45.9 Å². The van der Waals surface area contributed by atoms with E-state index in [9.17, 15) is 4.79 Å². The first-order chi connectivity index (χ1) is 16.4. The van der Waals surface area contributed by atoms with E-state index < -0.39 is 0 Å². The SMILES string of the molecule is CC.Cc1ccc(C(=O)N2CCC(c3ccc(C#N)cc3)CC2)cc1-c1nc(C(C)C)[nH]c1C. The lowest BCUT2D eigenvalue weighted by atomic mass is 9.88. The minimum atomic E-state index is 0.0850. The van der Waals surface area contributed by atoms with Crippen molar-refractivity contribution in [3.8, 4) is 17.3 Å². The second kappa shape index (κ2) is 11.2. The highest BCUT2D eigenvalue weighted by Crippen LogP contribution is 2.31. The maximum Gasteiger partial charge on any atom is 0.253 e. The lowest BCUT2D eigenvalue weighted by Crippen LogP contribution is -2.37. The fourth-order valence-corrected chi connectivity index (χ4v) is 4.46. The zero-order chi connectivity index (χ0) is 24.8. The number of likely N-dealkylation sites (tertiary alicyclic amines) is 1. The average molecular weight is 457 g/mol. The third kappa shape index (κ3) is 5.39. The number of imidazole rings is 1. The van der Waals surface area contributed by atoms with E-state index in [-0.39, 0.29) is 5.91 Å². The molecule has 0 bridgehead atoms. The summed E-state index contributed by atoms with van der Waals surface area (Å²) < 4.78 is 0. The summed E-state index contributed by atoms with van der Waals surface area (Å²) in [5, 5.41) is 8.99. The molecule has 5 nitrogen and oxygen atoms in total. The average Bonchev–Trinajstić information content (AvgIpc) is 3.27. The van der Waals surface area contributed by atoms with Crippen molar-refractivity contribution >= 4 is 5.91 Å². The van der Waals surface area contributed by atoms with E-state index in [1.165, 1.54) is 5.56 Å². The van der Waals surface area contributed by atoms with Gasteiger partial charge in [-0.15, -0.1) is 0 Å². The highest BCUT2D eigenvalue weighted by molar-refractivity contribution is 5.95. The normalized spacial score (nSPS) is 13.9. The number of nitrogens with zero attached hydrogens (tertiary/aromatic N) is 3. The van der Waals surface area contributed by atoms with Gasteiger partial charge in [-0.25, -0.2) is 4.98 Å². The predicted molar refractivity (Wildman–Crippen MR) is 138 cm³/mol. The number of nitriles is 1. The van der Waals surface area contributed by atoms with Crippen LogP contribution in [0.5, 0.6) is 0 Å². The van der Waals surface area contributed by atoms with E-state index in [0.717, 1.165) is 59.8 Å². The Hall–Kier alpha value is -3.39. The van der Waals surface area contributed by atoms with Crippen molar-refractivity contribution < 1.29 is 4.79 Å². The van der Waals surface area contributed by atoms with Crippen LogP contribution in [0.1, 0.15) is 90.9 Å². The Kier molecular flexibility index (Phi) is 8.28. The van der Waals surface area contributed by atoms with Crippen LogP contribution in [0.2, 0.25) is 0 Å². The number of carbonyl (C=O) groups excluding carboxylic acids is 1. The molecule has 0 atom stereocenters. The number of H-pyrrole nitrogens is 1. The van der Waals surface area contributed by atoms with Crippen molar-refractivity contribution in [3.63, 3.8) is 0 Å². The number of aromatic amines is 1. The van der Waals surface area contributed by atoms with Crippen LogP contribution < -0.4 is 0 Å². The maximum absolute atomic E-state index is 13.3. The number of aryl methyl sites for hydroxylation is 2. The number of hydrogen-bond donors (Lipinski definition) is 1. The van der Waals surface area contributed by atoms with Crippen molar-refractivity contribution in [2.45, 2.75) is 66.2 Å². The third-order valence-electron chi connectivity index (χ3n) is 6.48. The number of aromatic nitrogens is 2. The fourth-order valence-electron chi connectivity index (χ4n) is 4.46. The van der Waals surface area contributed by atoms with Gasteiger partial charge in [0, 0.05) is 35.8 Å². The van der Waals surface area contributed by atoms with Crippen LogP contribution in [-0.2, 0) is 0 Å². The van der Waals surface area contributed by atoms with E-state index in [0.29, 0.717) is 17.4 Å². The molecule has 1 fully saturated rings. The molecule has 2 heterocycles.